The lowest BCUT2D eigenvalue weighted by Crippen LogP contribution is -2.08. The van der Waals surface area contributed by atoms with E-state index in [2.05, 4.69) is 23.3 Å². The number of hydrogen-bond donors (Lipinski definition) is 2. The Balaban J connectivity index is 2.34. The van der Waals surface area contributed by atoms with Gasteiger partial charge in [0.15, 0.2) is 0 Å². The molecule has 1 aromatic heterocycles. The van der Waals surface area contributed by atoms with Crippen molar-refractivity contribution in [2.45, 2.75) is 19.8 Å². The van der Waals surface area contributed by atoms with Crippen molar-refractivity contribution in [3.8, 4) is 0 Å². The molecule has 1 heterocycles. The van der Waals surface area contributed by atoms with Gasteiger partial charge in [-0.1, -0.05) is 11.6 Å². The fraction of sp³-hybridized carbons (Fsp3) is 0.385. The number of aromatic nitrogens is 1. The average Bonchev–Trinajstić information content (AvgIpc) is 2.56. The second-order valence-corrected chi connectivity index (χ2v) is 4.56. The maximum Gasteiger partial charge on any atom is 0.0459 e. The number of fused-ring (bicyclic) bond motifs is 1. The summed E-state index contributed by atoms with van der Waals surface area (Å²) in [6, 6.07) is 6.03. The number of hydrogen-bond acceptors (Lipinski definition) is 1. The molecular formula is C13H17ClN2. The van der Waals surface area contributed by atoms with E-state index in [9.17, 15) is 0 Å². The predicted molar refractivity (Wildman–Crippen MR) is 70.3 cm³/mol. The molecule has 0 saturated heterocycles. The molecular weight excluding hydrogens is 220 g/mol. The first-order valence-corrected chi connectivity index (χ1v) is 6.01. The van der Waals surface area contributed by atoms with Crippen LogP contribution in [0.15, 0.2) is 18.2 Å². The average molecular weight is 237 g/mol. The molecule has 0 amide bonds. The lowest BCUT2D eigenvalue weighted by molar-refractivity contribution is 0.725. The maximum absolute atomic E-state index is 6.03. The van der Waals surface area contributed by atoms with Crippen molar-refractivity contribution in [1.82, 2.24) is 10.3 Å². The van der Waals surface area contributed by atoms with Crippen LogP contribution in [-0.4, -0.2) is 18.6 Å². The van der Waals surface area contributed by atoms with Crippen LogP contribution in [0, 0.1) is 6.92 Å². The van der Waals surface area contributed by atoms with Crippen LogP contribution >= 0.6 is 11.6 Å². The van der Waals surface area contributed by atoms with E-state index in [0.29, 0.717) is 0 Å². The van der Waals surface area contributed by atoms with Gasteiger partial charge in [-0.3, -0.25) is 0 Å². The van der Waals surface area contributed by atoms with Crippen LogP contribution in [0.1, 0.15) is 17.7 Å². The van der Waals surface area contributed by atoms with E-state index in [0.717, 1.165) is 24.4 Å². The van der Waals surface area contributed by atoms with E-state index in [4.69, 9.17) is 11.6 Å². The fourth-order valence-electron chi connectivity index (χ4n) is 2.12. The van der Waals surface area contributed by atoms with E-state index in [1.54, 1.807) is 0 Å². The van der Waals surface area contributed by atoms with Crippen LogP contribution in [0.4, 0.5) is 0 Å². The van der Waals surface area contributed by atoms with Crippen molar-refractivity contribution in [2.24, 2.45) is 0 Å². The Kier molecular flexibility index (Phi) is 3.52. The minimum absolute atomic E-state index is 0.807. The highest BCUT2D eigenvalue weighted by Crippen LogP contribution is 2.26. The van der Waals surface area contributed by atoms with E-state index >= 15 is 0 Å². The van der Waals surface area contributed by atoms with Crippen molar-refractivity contribution in [3.63, 3.8) is 0 Å². The van der Waals surface area contributed by atoms with Crippen LogP contribution in [0.3, 0.4) is 0 Å². The Morgan fingerprint density at radius 1 is 1.38 bits per heavy atom. The molecule has 86 valence electrons. The number of halogens is 1. The van der Waals surface area contributed by atoms with Gasteiger partial charge in [0.25, 0.3) is 0 Å². The first-order chi connectivity index (χ1) is 7.72. The molecule has 0 aliphatic carbocycles. The van der Waals surface area contributed by atoms with Crippen LogP contribution in [0.2, 0.25) is 5.02 Å². The second-order valence-electron chi connectivity index (χ2n) is 4.13. The summed E-state index contributed by atoms with van der Waals surface area (Å²) < 4.78 is 0. The molecule has 2 aromatic rings. The summed E-state index contributed by atoms with van der Waals surface area (Å²) in [6.45, 7) is 3.18. The molecule has 0 bridgehead atoms. The highest BCUT2D eigenvalue weighted by atomic mass is 35.5. The van der Waals surface area contributed by atoms with Crippen molar-refractivity contribution in [1.29, 1.82) is 0 Å². The van der Waals surface area contributed by atoms with Gasteiger partial charge in [0.05, 0.1) is 0 Å². The lowest BCUT2D eigenvalue weighted by Gasteiger charge is -2.01. The zero-order valence-corrected chi connectivity index (χ0v) is 10.5. The molecule has 0 spiro atoms. The molecule has 2 N–H and O–H groups in total. The number of nitrogens with one attached hydrogen (secondary N) is 2. The lowest BCUT2D eigenvalue weighted by atomic mass is 10.1. The molecule has 0 saturated carbocycles. The normalized spacial score (nSPS) is 11.2. The van der Waals surface area contributed by atoms with Gasteiger partial charge in [-0.25, -0.2) is 0 Å². The maximum atomic E-state index is 6.03. The third-order valence-electron chi connectivity index (χ3n) is 2.94. The number of aryl methyl sites for hydroxylation is 2. The molecule has 1 aromatic carbocycles. The van der Waals surface area contributed by atoms with Crippen molar-refractivity contribution in [3.05, 3.63) is 34.5 Å². The molecule has 0 aliphatic heterocycles. The summed E-state index contributed by atoms with van der Waals surface area (Å²) >= 11 is 6.03. The monoisotopic (exact) mass is 236 g/mol. The Morgan fingerprint density at radius 2 is 2.19 bits per heavy atom. The van der Waals surface area contributed by atoms with Gasteiger partial charge < -0.3 is 10.3 Å². The van der Waals surface area contributed by atoms with Gasteiger partial charge in [0, 0.05) is 21.6 Å². The summed E-state index contributed by atoms with van der Waals surface area (Å²) in [5.41, 5.74) is 3.84. The summed E-state index contributed by atoms with van der Waals surface area (Å²) in [5, 5.41) is 5.24. The standard InChI is InChI=1S/C13H17ClN2/c1-9-11(4-3-7-15-2)12-8-10(14)5-6-13(12)16-9/h5-6,8,15-16H,3-4,7H2,1-2H3. The quantitative estimate of drug-likeness (QED) is 0.784. The van der Waals surface area contributed by atoms with E-state index in [1.807, 2.05) is 19.2 Å². The van der Waals surface area contributed by atoms with Gasteiger partial charge in [0.1, 0.15) is 0 Å². The Morgan fingerprint density at radius 3 is 2.94 bits per heavy atom. The summed E-state index contributed by atoms with van der Waals surface area (Å²) in [6.07, 6.45) is 2.24. The predicted octanol–water partition coefficient (Wildman–Crippen LogP) is 3.28. The number of benzene rings is 1. The highest BCUT2D eigenvalue weighted by molar-refractivity contribution is 6.31. The molecule has 3 heteroatoms. The van der Waals surface area contributed by atoms with Crippen LogP contribution in [0.25, 0.3) is 10.9 Å². The first-order valence-electron chi connectivity index (χ1n) is 5.63. The minimum atomic E-state index is 0.807. The topological polar surface area (TPSA) is 27.8 Å². The summed E-state index contributed by atoms with van der Waals surface area (Å²) in [5.74, 6) is 0. The van der Waals surface area contributed by atoms with Crippen LogP contribution in [-0.2, 0) is 6.42 Å². The Hall–Kier alpha value is -0.990. The van der Waals surface area contributed by atoms with Crippen molar-refractivity contribution in [2.75, 3.05) is 13.6 Å². The third-order valence-corrected chi connectivity index (χ3v) is 3.17. The number of rotatable bonds is 4. The molecule has 0 aliphatic rings. The molecule has 16 heavy (non-hydrogen) atoms. The first kappa shape index (κ1) is 11.5. The zero-order valence-electron chi connectivity index (χ0n) is 9.73. The molecule has 0 unspecified atom stereocenters. The fourth-order valence-corrected chi connectivity index (χ4v) is 2.29. The van der Waals surface area contributed by atoms with Gasteiger partial charge in [-0.2, -0.15) is 0 Å². The summed E-state index contributed by atoms with van der Waals surface area (Å²) in [7, 11) is 1.99. The Bertz CT molecular complexity index is 488. The van der Waals surface area contributed by atoms with E-state index in [-0.39, 0.29) is 0 Å². The highest BCUT2D eigenvalue weighted by Gasteiger charge is 2.08. The molecule has 2 nitrogen and oxygen atoms in total. The van der Waals surface area contributed by atoms with Gasteiger partial charge >= 0.3 is 0 Å². The van der Waals surface area contributed by atoms with Crippen molar-refractivity contribution < 1.29 is 0 Å². The van der Waals surface area contributed by atoms with E-state index < -0.39 is 0 Å². The smallest absolute Gasteiger partial charge is 0.0459 e. The zero-order chi connectivity index (χ0) is 11.5. The Labute approximate surface area is 101 Å². The minimum Gasteiger partial charge on any atom is -0.358 e. The SMILES string of the molecule is CNCCCc1c(C)[nH]c2ccc(Cl)cc12. The molecule has 0 radical (unpaired) electrons. The van der Waals surface area contributed by atoms with Gasteiger partial charge in [0.2, 0.25) is 0 Å². The molecule has 0 fully saturated rings. The van der Waals surface area contributed by atoms with Crippen LogP contribution in [0.5, 0.6) is 0 Å². The van der Waals surface area contributed by atoms with Gasteiger partial charge in [-0.15, -0.1) is 0 Å². The molecule has 2 rings (SSSR count). The third kappa shape index (κ3) is 2.23. The number of H-pyrrole nitrogens is 1. The number of aromatic amines is 1. The van der Waals surface area contributed by atoms with E-state index in [1.165, 1.54) is 22.2 Å². The van der Waals surface area contributed by atoms with Gasteiger partial charge in [-0.05, 0) is 57.1 Å². The second kappa shape index (κ2) is 4.89. The van der Waals surface area contributed by atoms with Crippen LogP contribution < -0.4 is 5.32 Å². The largest absolute Gasteiger partial charge is 0.358 e. The summed E-state index contributed by atoms with van der Waals surface area (Å²) in [4.78, 5) is 3.40. The van der Waals surface area contributed by atoms with Crippen molar-refractivity contribution >= 4 is 22.5 Å². The molecule has 0 atom stereocenters.